The van der Waals surface area contributed by atoms with Gasteiger partial charge in [-0.3, -0.25) is 4.90 Å². The van der Waals surface area contributed by atoms with E-state index < -0.39 is 41.6 Å². The number of nitrogens with two attached hydrogens (primary N) is 1. The normalized spacial score (nSPS) is 23.7. The van der Waals surface area contributed by atoms with Crippen LogP contribution in [-0.4, -0.2) is 40.1 Å². The molecule has 1 aromatic heterocycles. The second-order valence-corrected chi connectivity index (χ2v) is 7.48. The molecule has 2 aliphatic rings. The molecule has 0 aliphatic carbocycles. The third-order valence-electron chi connectivity index (χ3n) is 5.49. The van der Waals surface area contributed by atoms with E-state index in [1.165, 1.54) is 6.20 Å². The fourth-order valence-electron chi connectivity index (χ4n) is 3.95. The molecular weight excluding hydrogens is 485 g/mol. The number of ether oxygens (including phenoxy) is 1. The summed E-state index contributed by atoms with van der Waals surface area (Å²) in [6.45, 7) is 0.835. The summed E-state index contributed by atoms with van der Waals surface area (Å²) in [6, 6.07) is 0.247. The number of rotatable bonds is 2. The Bertz CT molecular complexity index is 964. The summed E-state index contributed by atoms with van der Waals surface area (Å²) in [5, 5.41) is 0. The van der Waals surface area contributed by atoms with Crippen molar-refractivity contribution in [2.24, 2.45) is 5.73 Å². The molecule has 0 radical (unpaired) electrons. The Hall–Kier alpha value is -1.66. The van der Waals surface area contributed by atoms with Crippen LogP contribution in [0, 0.1) is 17.5 Å². The maximum absolute atomic E-state index is 14.1. The number of hydrogen-bond acceptors (Lipinski definition) is 5. The standard InChI is InChI=1S/C19H18F6N4O.2ClH/c20-12-5-14(22)13(21)4-11(12)17-15(26)3-10(8-30-17)29-2-1-9-6-27-18(19(23,24)25)28-16(9)7-29;;/h4-6,10,15,17H,1-3,7-8,26H2;2*1H/t10-,15+,17-;;/m1../s1. The van der Waals surface area contributed by atoms with Crippen molar-refractivity contribution in [3.05, 3.63) is 58.4 Å². The predicted molar refractivity (Wildman–Crippen MR) is 107 cm³/mol. The maximum Gasteiger partial charge on any atom is 0.451 e. The van der Waals surface area contributed by atoms with E-state index >= 15 is 0 Å². The third kappa shape index (κ3) is 5.28. The van der Waals surface area contributed by atoms with Gasteiger partial charge in [-0.15, -0.1) is 24.8 Å². The first-order valence-corrected chi connectivity index (χ1v) is 9.31. The summed E-state index contributed by atoms with van der Waals surface area (Å²) in [6.07, 6.45) is -3.56. The van der Waals surface area contributed by atoms with Crippen LogP contribution in [0.5, 0.6) is 0 Å². The quantitative estimate of drug-likeness (QED) is 0.495. The van der Waals surface area contributed by atoms with Crippen molar-refractivity contribution in [1.29, 1.82) is 0 Å². The van der Waals surface area contributed by atoms with Crippen LogP contribution in [0.3, 0.4) is 0 Å². The van der Waals surface area contributed by atoms with E-state index in [-0.39, 0.29) is 49.6 Å². The van der Waals surface area contributed by atoms with Crippen LogP contribution < -0.4 is 5.73 Å². The van der Waals surface area contributed by atoms with Gasteiger partial charge in [-0.25, -0.2) is 23.1 Å². The highest BCUT2D eigenvalue weighted by Gasteiger charge is 2.38. The Kier molecular flexibility index (Phi) is 8.38. The second kappa shape index (κ2) is 10.1. The van der Waals surface area contributed by atoms with Crippen molar-refractivity contribution < 1.29 is 31.1 Å². The zero-order chi connectivity index (χ0) is 21.6. The molecule has 13 heteroatoms. The molecule has 178 valence electrons. The Morgan fingerprint density at radius 3 is 2.41 bits per heavy atom. The predicted octanol–water partition coefficient (Wildman–Crippen LogP) is 3.97. The van der Waals surface area contributed by atoms with Gasteiger partial charge in [0.25, 0.3) is 0 Å². The SMILES string of the molecule is Cl.Cl.N[C@H]1C[C@@H](N2CCc3cnc(C(F)(F)F)nc3C2)CO[C@@H]1c1cc(F)c(F)cc1F. The van der Waals surface area contributed by atoms with Gasteiger partial charge in [-0.2, -0.15) is 13.2 Å². The van der Waals surface area contributed by atoms with Crippen molar-refractivity contribution in [3.8, 4) is 0 Å². The summed E-state index contributed by atoms with van der Waals surface area (Å²) in [5.41, 5.74) is 6.92. The highest BCUT2D eigenvalue weighted by Crippen LogP contribution is 2.34. The van der Waals surface area contributed by atoms with E-state index in [1.54, 1.807) is 0 Å². The minimum atomic E-state index is -4.63. The molecule has 3 heterocycles. The van der Waals surface area contributed by atoms with Crippen molar-refractivity contribution in [1.82, 2.24) is 14.9 Å². The molecule has 2 aliphatic heterocycles. The number of hydrogen-bond donors (Lipinski definition) is 1. The number of aromatic nitrogens is 2. The van der Waals surface area contributed by atoms with Crippen LogP contribution in [0.25, 0.3) is 0 Å². The minimum absolute atomic E-state index is 0. The summed E-state index contributed by atoms with van der Waals surface area (Å²) in [7, 11) is 0. The van der Waals surface area contributed by atoms with Crippen LogP contribution in [0.2, 0.25) is 0 Å². The van der Waals surface area contributed by atoms with Crippen LogP contribution in [0.1, 0.15) is 35.2 Å². The molecule has 1 aromatic carbocycles. The van der Waals surface area contributed by atoms with E-state index in [9.17, 15) is 26.3 Å². The molecule has 2 aromatic rings. The van der Waals surface area contributed by atoms with Crippen molar-refractivity contribution in [3.63, 3.8) is 0 Å². The second-order valence-electron chi connectivity index (χ2n) is 7.48. The van der Waals surface area contributed by atoms with E-state index in [1.807, 2.05) is 4.90 Å². The lowest BCUT2D eigenvalue weighted by Gasteiger charge is -2.41. The fourth-order valence-corrected chi connectivity index (χ4v) is 3.95. The highest BCUT2D eigenvalue weighted by molar-refractivity contribution is 5.85. The molecule has 32 heavy (non-hydrogen) atoms. The summed E-state index contributed by atoms with van der Waals surface area (Å²) in [4.78, 5) is 8.96. The van der Waals surface area contributed by atoms with E-state index in [0.29, 0.717) is 36.7 Å². The Labute approximate surface area is 192 Å². The van der Waals surface area contributed by atoms with Crippen molar-refractivity contribution >= 4 is 24.8 Å². The molecule has 0 bridgehead atoms. The molecule has 5 nitrogen and oxygen atoms in total. The first-order chi connectivity index (χ1) is 14.1. The number of fused-ring (bicyclic) bond motifs is 1. The molecule has 1 fully saturated rings. The summed E-state index contributed by atoms with van der Waals surface area (Å²) in [5.74, 6) is -4.63. The summed E-state index contributed by atoms with van der Waals surface area (Å²) < 4.78 is 85.1. The topological polar surface area (TPSA) is 64.3 Å². The molecule has 0 spiro atoms. The van der Waals surface area contributed by atoms with Gasteiger partial charge in [-0.1, -0.05) is 0 Å². The van der Waals surface area contributed by atoms with E-state index in [0.717, 1.165) is 6.07 Å². The lowest BCUT2D eigenvalue weighted by molar-refractivity contribution is -0.145. The number of halogens is 8. The molecule has 2 N–H and O–H groups in total. The Balaban J connectivity index is 0.00000181. The van der Waals surface area contributed by atoms with Gasteiger partial charge in [0.2, 0.25) is 5.82 Å². The number of benzene rings is 1. The van der Waals surface area contributed by atoms with Gasteiger partial charge >= 0.3 is 6.18 Å². The lowest BCUT2D eigenvalue weighted by atomic mass is 9.92. The van der Waals surface area contributed by atoms with Crippen molar-refractivity contribution in [2.75, 3.05) is 13.2 Å². The molecule has 0 saturated carbocycles. The Morgan fingerprint density at radius 1 is 1.06 bits per heavy atom. The van der Waals surface area contributed by atoms with Crippen molar-refractivity contribution in [2.45, 2.75) is 43.8 Å². The first kappa shape index (κ1) is 26.6. The first-order valence-electron chi connectivity index (χ1n) is 9.31. The number of alkyl halides is 3. The third-order valence-corrected chi connectivity index (χ3v) is 5.49. The molecular formula is C19H20Cl2F6N4O. The smallest absolute Gasteiger partial charge is 0.370 e. The summed E-state index contributed by atoms with van der Waals surface area (Å²) >= 11 is 0. The lowest BCUT2D eigenvalue weighted by Crippen LogP contribution is -2.50. The Morgan fingerprint density at radius 2 is 1.75 bits per heavy atom. The monoisotopic (exact) mass is 504 g/mol. The largest absolute Gasteiger partial charge is 0.451 e. The van der Waals surface area contributed by atoms with Crippen LogP contribution in [0.4, 0.5) is 26.3 Å². The van der Waals surface area contributed by atoms with Gasteiger partial charge in [-0.05, 0) is 24.5 Å². The average Bonchev–Trinajstić information content (AvgIpc) is 2.69. The molecule has 1 saturated heterocycles. The van der Waals surface area contributed by atoms with Crippen LogP contribution in [0.15, 0.2) is 18.3 Å². The van der Waals surface area contributed by atoms with Gasteiger partial charge in [0, 0.05) is 43.0 Å². The van der Waals surface area contributed by atoms with Gasteiger partial charge in [0.15, 0.2) is 11.6 Å². The van der Waals surface area contributed by atoms with Gasteiger partial charge in [0.1, 0.15) is 11.9 Å². The molecule has 3 atom stereocenters. The molecule has 0 amide bonds. The van der Waals surface area contributed by atoms with Gasteiger partial charge in [0.05, 0.1) is 12.3 Å². The molecule has 4 rings (SSSR count). The minimum Gasteiger partial charge on any atom is -0.370 e. The zero-order valence-corrected chi connectivity index (χ0v) is 18.0. The zero-order valence-electron chi connectivity index (χ0n) is 16.4. The van der Waals surface area contributed by atoms with Crippen LogP contribution >= 0.6 is 24.8 Å². The average molecular weight is 505 g/mol. The van der Waals surface area contributed by atoms with E-state index in [2.05, 4.69) is 9.97 Å². The van der Waals surface area contributed by atoms with Crippen LogP contribution in [-0.2, 0) is 23.9 Å². The van der Waals surface area contributed by atoms with Gasteiger partial charge < -0.3 is 10.5 Å². The maximum atomic E-state index is 14.1. The highest BCUT2D eigenvalue weighted by atomic mass is 35.5. The number of nitrogens with zero attached hydrogens (tertiary/aromatic N) is 3. The fraction of sp³-hybridized carbons (Fsp3) is 0.474. The molecule has 0 unspecified atom stereocenters. The van der Waals surface area contributed by atoms with E-state index in [4.69, 9.17) is 10.5 Å².